The fourth-order valence-electron chi connectivity index (χ4n) is 2.33. The van der Waals surface area contributed by atoms with Gasteiger partial charge < -0.3 is 10.5 Å². The number of thioether (sulfide) groups is 1. The van der Waals surface area contributed by atoms with Crippen molar-refractivity contribution >= 4 is 29.1 Å². The third kappa shape index (κ3) is 5.11. The maximum Gasteiger partial charge on any atom is 0.416 e. The number of rotatable bonds is 5. The minimum atomic E-state index is -4.45. The molecule has 0 unspecified atom stereocenters. The molecule has 0 aliphatic carbocycles. The summed E-state index contributed by atoms with van der Waals surface area (Å²) >= 11 is 7.49. The highest BCUT2D eigenvalue weighted by Gasteiger charge is 2.31. The van der Waals surface area contributed by atoms with Crippen LogP contribution in [0.4, 0.5) is 18.9 Å². The molecule has 0 atom stereocenters. The summed E-state index contributed by atoms with van der Waals surface area (Å²) in [5.41, 5.74) is 6.94. The summed E-state index contributed by atoms with van der Waals surface area (Å²) < 4.78 is 43.9. The van der Waals surface area contributed by atoms with E-state index < -0.39 is 11.7 Å². The zero-order chi connectivity index (χ0) is 19.4. The lowest BCUT2D eigenvalue weighted by molar-refractivity contribution is -0.137. The predicted molar refractivity (Wildman–Crippen MR) is 103 cm³/mol. The van der Waals surface area contributed by atoms with Crippen molar-refractivity contribution in [1.82, 2.24) is 0 Å². The van der Waals surface area contributed by atoms with Gasteiger partial charge in [-0.2, -0.15) is 13.2 Å². The summed E-state index contributed by atoms with van der Waals surface area (Å²) in [6.07, 6.45) is -4.45. The molecule has 0 saturated heterocycles. The summed E-state index contributed by atoms with van der Waals surface area (Å²) in [7, 11) is 0. The Hall–Kier alpha value is -2.31. The van der Waals surface area contributed by atoms with Gasteiger partial charge in [-0.15, -0.1) is 11.8 Å². The Kier molecular flexibility index (Phi) is 5.87. The molecule has 0 aliphatic rings. The van der Waals surface area contributed by atoms with Gasteiger partial charge in [0.1, 0.15) is 11.5 Å². The Morgan fingerprint density at radius 3 is 2.37 bits per heavy atom. The van der Waals surface area contributed by atoms with Crippen LogP contribution < -0.4 is 10.5 Å². The van der Waals surface area contributed by atoms with Crippen LogP contribution in [0.5, 0.6) is 11.5 Å². The molecule has 2 N–H and O–H groups in total. The molecule has 0 heterocycles. The molecule has 3 rings (SSSR count). The van der Waals surface area contributed by atoms with Crippen molar-refractivity contribution in [2.75, 3.05) is 5.73 Å². The van der Waals surface area contributed by atoms with Gasteiger partial charge in [-0.25, -0.2) is 0 Å². The van der Waals surface area contributed by atoms with E-state index in [1.54, 1.807) is 30.0 Å². The van der Waals surface area contributed by atoms with Gasteiger partial charge in [-0.3, -0.25) is 0 Å². The monoisotopic (exact) mass is 409 g/mol. The van der Waals surface area contributed by atoms with Crippen LogP contribution in [0.15, 0.2) is 71.6 Å². The van der Waals surface area contributed by atoms with Crippen LogP contribution in [0.25, 0.3) is 0 Å². The third-order valence-corrected chi connectivity index (χ3v) is 5.15. The highest BCUT2D eigenvalue weighted by Crippen LogP contribution is 2.38. The van der Waals surface area contributed by atoms with E-state index >= 15 is 0 Å². The van der Waals surface area contributed by atoms with Crippen molar-refractivity contribution in [3.63, 3.8) is 0 Å². The molecular weight excluding hydrogens is 395 g/mol. The minimum absolute atomic E-state index is 0.111. The van der Waals surface area contributed by atoms with Gasteiger partial charge in [0, 0.05) is 16.3 Å². The molecule has 0 fully saturated rings. The van der Waals surface area contributed by atoms with Gasteiger partial charge in [0.15, 0.2) is 0 Å². The van der Waals surface area contributed by atoms with E-state index in [1.807, 2.05) is 30.3 Å². The van der Waals surface area contributed by atoms with E-state index in [2.05, 4.69) is 0 Å². The van der Waals surface area contributed by atoms with Gasteiger partial charge in [0.2, 0.25) is 0 Å². The average molecular weight is 410 g/mol. The number of nitrogens with two attached hydrogens (primary N) is 1. The lowest BCUT2D eigenvalue weighted by Crippen LogP contribution is -2.04. The lowest BCUT2D eigenvalue weighted by Gasteiger charge is -2.13. The molecule has 0 saturated carbocycles. The number of hydrogen-bond donors (Lipinski definition) is 1. The van der Waals surface area contributed by atoms with Crippen molar-refractivity contribution in [1.29, 1.82) is 0 Å². The topological polar surface area (TPSA) is 35.2 Å². The second-order valence-corrected chi connectivity index (χ2v) is 7.14. The molecule has 0 amide bonds. The van der Waals surface area contributed by atoms with Crippen molar-refractivity contribution in [2.24, 2.45) is 0 Å². The molecule has 3 aromatic rings. The third-order valence-electron chi connectivity index (χ3n) is 3.71. The maximum absolute atomic E-state index is 12.7. The van der Waals surface area contributed by atoms with Crippen molar-refractivity contribution in [3.8, 4) is 11.5 Å². The Morgan fingerprint density at radius 2 is 1.70 bits per heavy atom. The SMILES string of the molecule is Nc1ccc(Oc2ccc(C(F)(F)F)cc2Cl)cc1SCc1ccccc1. The van der Waals surface area contributed by atoms with E-state index in [0.717, 1.165) is 28.3 Å². The zero-order valence-corrected chi connectivity index (χ0v) is 15.5. The highest BCUT2D eigenvalue weighted by molar-refractivity contribution is 7.98. The van der Waals surface area contributed by atoms with Gasteiger partial charge in [-0.1, -0.05) is 41.9 Å². The molecule has 3 aromatic carbocycles. The van der Waals surface area contributed by atoms with Gasteiger partial charge in [0.25, 0.3) is 0 Å². The van der Waals surface area contributed by atoms with Crippen molar-refractivity contribution in [2.45, 2.75) is 16.8 Å². The minimum Gasteiger partial charge on any atom is -0.456 e. The predicted octanol–water partition coefficient (Wildman–Crippen LogP) is 7.03. The molecule has 0 aliphatic heterocycles. The number of halogens is 4. The Morgan fingerprint density at radius 1 is 0.963 bits per heavy atom. The molecule has 2 nitrogen and oxygen atoms in total. The molecule has 0 bridgehead atoms. The van der Waals surface area contributed by atoms with Gasteiger partial charge in [0.05, 0.1) is 10.6 Å². The number of alkyl halides is 3. The number of hydrogen-bond acceptors (Lipinski definition) is 3. The fourth-order valence-corrected chi connectivity index (χ4v) is 3.49. The quantitative estimate of drug-likeness (QED) is 0.363. The standard InChI is InChI=1S/C20H15ClF3NOS/c21-16-10-14(20(22,23)24)6-9-18(16)26-15-7-8-17(25)19(11-15)27-12-13-4-2-1-3-5-13/h1-11H,12,25H2. The molecule has 0 spiro atoms. The second kappa shape index (κ2) is 8.15. The first-order valence-electron chi connectivity index (χ1n) is 7.94. The lowest BCUT2D eigenvalue weighted by atomic mass is 10.2. The first-order valence-corrected chi connectivity index (χ1v) is 9.30. The largest absolute Gasteiger partial charge is 0.456 e. The average Bonchev–Trinajstić information content (AvgIpc) is 2.63. The maximum atomic E-state index is 12.7. The van der Waals surface area contributed by atoms with Crippen LogP contribution >= 0.6 is 23.4 Å². The Bertz CT molecular complexity index is 932. The number of nitrogen functional groups attached to an aromatic ring is 1. The molecule has 7 heteroatoms. The van der Waals surface area contributed by atoms with E-state index in [4.69, 9.17) is 22.1 Å². The Labute approximate surface area is 164 Å². The van der Waals surface area contributed by atoms with Gasteiger partial charge in [-0.05, 0) is 42.0 Å². The molecule has 27 heavy (non-hydrogen) atoms. The zero-order valence-electron chi connectivity index (χ0n) is 14.0. The number of anilines is 1. The van der Waals surface area contributed by atoms with E-state index in [1.165, 1.54) is 6.07 Å². The van der Waals surface area contributed by atoms with Crippen LogP contribution in [-0.4, -0.2) is 0 Å². The van der Waals surface area contributed by atoms with Crippen LogP contribution in [-0.2, 0) is 11.9 Å². The summed E-state index contributed by atoms with van der Waals surface area (Å²) in [6.45, 7) is 0. The van der Waals surface area contributed by atoms with Crippen LogP contribution in [0.1, 0.15) is 11.1 Å². The number of benzene rings is 3. The van der Waals surface area contributed by atoms with Crippen LogP contribution in [0.3, 0.4) is 0 Å². The summed E-state index contributed by atoms with van der Waals surface area (Å²) in [6, 6.07) is 18.0. The molecule has 0 radical (unpaired) electrons. The second-order valence-electron chi connectivity index (χ2n) is 5.72. The smallest absolute Gasteiger partial charge is 0.416 e. The normalized spacial score (nSPS) is 11.4. The van der Waals surface area contributed by atoms with Crippen LogP contribution in [0.2, 0.25) is 5.02 Å². The first kappa shape index (κ1) is 19.5. The van der Waals surface area contributed by atoms with Crippen molar-refractivity contribution in [3.05, 3.63) is 82.9 Å². The van der Waals surface area contributed by atoms with E-state index in [0.29, 0.717) is 11.4 Å². The molecule has 0 aromatic heterocycles. The number of ether oxygens (including phenoxy) is 1. The van der Waals surface area contributed by atoms with Gasteiger partial charge >= 0.3 is 6.18 Å². The Balaban J connectivity index is 1.76. The summed E-state index contributed by atoms with van der Waals surface area (Å²) in [4.78, 5) is 0.819. The van der Waals surface area contributed by atoms with E-state index in [9.17, 15) is 13.2 Å². The van der Waals surface area contributed by atoms with Crippen LogP contribution in [0, 0.1) is 0 Å². The van der Waals surface area contributed by atoms with E-state index in [-0.39, 0.29) is 10.8 Å². The summed E-state index contributed by atoms with van der Waals surface area (Å²) in [5.74, 6) is 1.32. The van der Waals surface area contributed by atoms with Crippen molar-refractivity contribution < 1.29 is 17.9 Å². The first-order chi connectivity index (χ1) is 12.8. The molecule has 140 valence electrons. The highest BCUT2D eigenvalue weighted by atomic mass is 35.5. The summed E-state index contributed by atoms with van der Waals surface area (Å²) in [5, 5.41) is -0.111. The molecular formula is C20H15ClF3NOS. The fraction of sp³-hybridized carbons (Fsp3) is 0.100.